The Hall–Kier alpha value is -1.01. The molecule has 1 heterocycles. The lowest BCUT2D eigenvalue weighted by molar-refractivity contribution is -0.130. The van der Waals surface area contributed by atoms with Crippen molar-refractivity contribution in [2.75, 3.05) is 13.1 Å². The molecule has 1 unspecified atom stereocenters. The standard InChI is InChI=1S/C13H20N2O/c1-2-3-4-13(16)15-8-10-5-6-12(14)7-11(10)9-15/h1,10-12H,3-9,14H2/t10-,11+,12?/m1/s1. The van der Waals surface area contributed by atoms with Crippen molar-refractivity contribution in [3.63, 3.8) is 0 Å². The highest BCUT2D eigenvalue weighted by Crippen LogP contribution is 2.35. The van der Waals surface area contributed by atoms with Gasteiger partial charge in [0.15, 0.2) is 0 Å². The fourth-order valence-electron chi connectivity index (χ4n) is 3.01. The molecule has 2 N–H and O–H groups in total. The highest BCUT2D eigenvalue weighted by Gasteiger charge is 2.38. The van der Waals surface area contributed by atoms with Gasteiger partial charge in [0.1, 0.15) is 0 Å². The number of terminal acetylenes is 1. The van der Waals surface area contributed by atoms with Crippen LogP contribution in [0.1, 0.15) is 32.1 Å². The molecular formula is C13H20N2O. The van der Waals surface area contributed by atoms with E-state index in [1.54, 1.807) is 0 Å². The summed E-state index contributed by atoms with van der Waals surface area (Å²) < 4.78 is 0. The Bertz CT molecular complexity index is 308. The summed E-state index contributed by atoms with van der Waals surface area (Å²) in [4.78, 5) is 13.8. The van der Waals surface area contributed by atoms with Gasteiger partial charge in [-0.25, -0.2) is 0 Å². The molecule has 0 aromatic carbocycles. The van der Waals surface area contributed by atoms with E-state index in [9.17, 15) is 4.79 Å². The fourth-order valence-corrected chi connectivity index (χ4v) is 3.01. The molecule has 3 nitrogen and oxygen atoms in total. The molecule has 0 aromatic heterocycles. The van der Waals surface area contributed by atoms with Gasteiger partial charge in [0, 0.05) is 32.0 Å². The summed E-state index contributed by atoms with van der Waals surface area (Å²) in [6, 6.07) is 0.349. The van der Waals surface area contributed by atoms with Crippen LogP contribution in [0, 0.1) is 24.2 Å². The minimum Gasteiger partial charge on any atom is -0.342 e. The van der Waals surface area contributed by atoms with Crippen molar-refractivity contribution >= 4 is 5.91 Å². The first-order valence-electron chi connectivity index (χ1n) is 6.17. The van der Waals surface area contributed by atoms with E-state index in [2.05, 4.69) is 5.92 Å². The number of nitrogens with zero attached hydrogens (tertiary/aromatic N) is 1. The molecule has 0 radical (unpaired) electrons. The van der Waals surface area contributed by atoms with E-state index < -0.39 is 0 Å². The maximum atomic E-state index is 11.8. The number of carbonyl (C=O) groups excluding carboxylic acids is 1. The molecule has 3 atom stereocenters. The number of nitrogens with two attached hydrogens (primary N) is 1. The molecule has 1 saturated heterocycles. The molecule has 3 heteroatoms. The smallest absolute Gasteiger partial charge is 0.223 e. The van der Waals surface area contributed by atoms with Gasteiger partial charge in [0.05, 0.1) is 0 Å². The third-order valence-corrected chi connectivity index (χ3v) is 3.93. The Labute approximate surface area is 97.4 Å². The normalized spacial score (nSPS) is 33.2. The number of hydrogen-bond donors (Lipinski definition) is 1. The van der Waals surface area contributed by atoms with Crippen LogP contribution in [-0.4, -0.2) is 29.9 Å². The Morgan fingerprint density at radius 3 is 2.88 bits per heavy atom. The summed E-state index contributed by atoms with van der Waals surface area (Å²) in [5.41, 5.74) is 5.96. The average Bonchev–Trinajstić information content (AvgIpc) is 2.68. The van der Waals surface area contributed by atoms with E-state index in [0.29, 0.717) is 30.7 Å². The van der Waals surface area contributed by atoms with Crippen LogP contribution >= 0.6 is 0 Å². The second kappa shape index (κ2) is 4.88. The topological polar surface area (TPSA) is 46.3 Å². The zero-order chi connectivity index (χ0) is 11.5. The van der Waals surface area contributed by atoms with Crippen molar-refractivity contribution in [3.8, 4) is 12.3 Å². The summed E-state index contributed by atoms with van der Waals surface area (Å²) in [6.45, 7) is 1.84. The van der Waals surface area contributed by atoms with Crippen molar-refractivity contribution < 1.29 is 4.79 Å². The number of rotatable bonds is 2. The number of fused-ring (bicyclic) bond motifs is 1. The van der Waals surface area contributed by atoms with Gasteiger partial charge in [-0.2, -0.15) is 0 Å². The van der Waals surface area contributed by atoms with Crippen LogP contribution in [0.15, 0.2) is 0 Å². The number of hydrogen-bond acceptors (Lipinski definition) is 2. The van der Waals surface area contributed by atoms with Gasteiger partial charge in [-0.3, -0.25) is 4.79 Å². The minimum atomic E-state index is 0.223. The predicted molar refractivity (Wildman–Crippen MR) is 63.5 cm³/mol. The lowest BCUT2D eigenvalue weighted by atomic mass is 9.79. The van der Waals surface area contributed by atoms with E-state index in [1.165, 1.54) is 6.42 Å². The third-order valence-electron chi connectivity index (χ3n) is 3.93. The summed E-state index contributed by atoms with van der Waals surface area (Å²) in [6.07, 6.45) is 9.63. The van der Waals surface area contributed by atoms with Crippen molar-refractivity contribution in [2.24, 2.45) is 17.6 Å². The summed E-state index contributed by atoms with van der Waals surface area (Å²) >= 11 is 0. The Balaban J connectivity index is 1.87. The third kappa shape index (κ3) is 2.38. The monoisotopic (exact) mass is 220 g/mol. The molecule has 16 heavy (non-hydrogen) atoms. The number of likely N-dealkylation sites (tertiary alicyclic amines) is 1. The Morgan fingerprint density at radius 1 is 1.38 bits per heavy atom. The maximum Gasteiger partial charge on any atom is 0.223 e. The van der Waals surface area contributed by atoms with E-state index in [-0.39, 0.29) is 5.91 Å². The summed E-state index contributed by atoms with van der Waals surface area (Å²) in [5, 5.41) is 0. The van der Waals surface area contributed by atoms with Crippen molar-refractivity contribution in [1.82, 2.24) is 4.90 Å². The highest BCUT2D eigenvalue weighted by atomic mass is 16.2. The molecule has 0 spiro atoms. The van der Waals surface area contributed by atoms with Crippen LogP contribution in [0.5, 0.6) is 0 Å². The predicted octanol–water partition coefficient (Wildman–Crippen LogP) is 0.986. The van der Waals surface area contributed by atoms with Gasteiger partial charge in [-0.05, 0) is 31.1 Å². The second-order valence-electron chi connectivity index (χ2n) is 5.10. The van der Waals surface area contributed by atoms with Gasteiger partial charge in [0.25, 0.3) is 0 Å². The second-order valence-corrected chi connectivity index (χ2v) is 5.10. The van der Waals surface area contributed by atoms with Crippen molar-refractivity contribution in [2.45, 2.75) is 38.1 Å². The molecular weight excluding hydrogens is 200 g/mol. The zero-order valence-corrected chi connectivity index (χ0v) is 9.69. The van der Waals surface area contributed by atoms with E-state index in [1.807, 2.05) is 4.90 Å². The molecule has 1 saturated carbocycles. The minimum absolute atomic E-state index is 0.223. The van der Waals surface area contributed by atoms with Gasteiger partial charge in [-0.15, -0.1) is 12.3 Å². The largest absolute Gasteiger partial charge is 0.342 e. The van der Waals surface area contributed by atoms with Crippen LogP contribution in [0.4, 0.5) is 0 Å². The van der Waals surface area contributed by atoms with Crippen LogP contribution in [0.2, 0.25) is 0 Å². The molecule has 1 amide bonds. The van der Waals surface area contributed by atoms with Gasteiger partial charge < -0.3 is 10.6 Å². The van der Waals surface area contributed by atoms with Crippen LogP contribution in [0.25, 0.3) is 0 Å². The molecule has 2 aliphatic rings. The summed E-state index contributed by atoms with van der Waals surface area (Å²) in [7, 11) is 0. The first kappa shape index (κ1) is 11.5. The molecule has 88 valence electrons. The van der Waals surface area contributed by atoms with Gasteiger partial charge in [0.2, 0.25) is 5.91 Å². The summed E-state index contributed by atoms with van der Waals surface area (Å²) in [5.74, 6) is 4.07. The van der Waals surface area contributed by atoms with Crippen LogP contribution in [0.3, 0.4) is 0 Å². The Morgan fingerprint density at radius 2 is 2.12 bits per heavy atom. The molecule has 2 fully saturated rings. The quantitative estimate of drug-likeness (QED) is 0.705. The Kier molecular flexibility index (Phi) is 3.50. The van der Waals surface area contributed by atoms with Crippen molar-refractivity contribution in [1.29, 1.82) is 0 Å². The van der Waals surface area contributed by atoms with Crippen molar-refractivity contribution in [3.05, 3.63) is 0 Å². The SMILES string of the molecule is C#CCCC(=O)N1C[C@H]2CCC(N)C[C@H]2C1. The van der Waals surface area contributed by atoms with E-state index in [0.717, 1.165) is 25.9 Å². The lowest BCUT2D eigenvalue weighted by Gasteiger charge is -2.27. The first-order chi connectivity index (χ1) is 7.70. The molecule has 2 rings (SSSR count). The molecule has 0 aromatic rings. The zero-order valence-electron chi connectivity index (χ0n) is 9.69. The first-order valence-corrected chi connectivity index (χ1v) is 6.17. The molecule has 1 aliphatic heterocycles. The maximum absolute atomic E-state index is 11.8. The lowest BCUT2D eigenvalue weighted by Crippen LogP contribution is -2.32. The average molecular weight is 220 g/mol. The van der Waals surface area contributed by atoms with Gasteiger partial charge in [-0.1, -0.05) is 0 Å². The number of carbonyl (C=O) groups is 1. The molecule has 0 bridgehead atoms. The van der Waals surface area contributed by atoms with E-state index >= 15 is 0 Å². The molecule has 1 aliphatic carbocycles. The van der Waals surface area contributed by atoms with Crippen LogP contribution in [-0.2, 0) is 4.79 Å². The number of amides is 1. The van der Waals surface area contributed by atoms with E-state index in [4.69, 9.17) is 12.2 Å². The van der Waals surface area contributed by atoms with Gasteiger partial charge >= 0.3 is 0 Å². The van der Waals surface area contributed by atoms with Crippen LogP contribution < -0.4 is 5.73 Å². The highest BCUT2D eigenvalue weighted by molar-refractivity contribution is 5.76. The fraction of sp³-hybridized carbons (Fsp3) is 0.769.